The van der Waals surface area contributed by atoms with Crippen LogP contribution in [0.1, 0.15) is 33.1 Å². The quantitative estimate of drug-likeness (QED) is 0.473. The topological polar surface area (TPSA) is 26.3 Å². The predicted octanol–water partition coefficient (Wildman–Crippen LogP) is 3.41. The van der Waals surface area contributed by atoms with E-state index in [0.717, 1.165) is 12.8 Å². The van der Waals surface area contributed by atoms with Gasteiger partial charge in [-0.2, -0.15) is 0 Å². The van der Waals surface area contributed by atoms with Crippen molar-refractivity contribution < 1.29 is 9.53 Å². The van der Waals surface area contributed by atoms with Crippen molar-refractivity contribution in [3.8, 4) is 0 Å². The normalized spacial score (nSPS) is 13.2. The Kier molecular flexibility index (Phi) is 8.44. The Morgan fingerprint density at radius 3 is 2.53 bits per heavy atom. The van der Waals surface area contributed by atoms with Crippen molar-refractivity contribution in [2.45, 2.75) is 39.2 Å². The SMILES string of the molecule is C=C[C@H](C/C=C\C/C=C\CC)OC(C)=O. The summed E-state index contributed by atoms with van der Waals surface area (Å²) in [6, 6.07) is 0. The van der Waals surface area contributed by atoms with Gasteiger partial charge in [-0.3, -0.25) is 4.79 Å². The molecule has 0 spiro atoms. The standard InChI is InChI=1S/C13H20O2/c1-4-6-7-8-9-10-11-13(5-2)15-12(3)14/h5-7,9-10,13H,2,4,8,11H2,1,3H3/b7-6-,10-9-/t13-/m1/s1. The van der Waals surface area contributed by atoms with Gasteiger partial charge < -0.3 is 4.74 Å². The molecular weight excluding hydrogens is 188 g/mol. The van der Waals surface area contributed by atoms with Crippen molar-refractivity contribution >= 4 is 5.97 Å². The number of carbonyl (C=O) groups is 1. The molecule has 0 fully saturated rings. The van der Waals surface area contributed by atoms with Gasteiger partial charge in [0.25, 0.3) is 0 Å². The van der Waals surface area contributed by atoms with E-state index < -0.39 is 0 Å². The fourth-order valence-corrected chi connectivity index (χ4v) is 1.07. The van der Waals surface area contributed by atoms with Gasteiger partial charge in [0.1, 0.15) is 6.10 Å². The molecule has 0 saturated heterocycles. The average molecular weight is 208 g/mol. The zero-order valence-corrected chi connectivity index (χ0v) is 9.61. The summed E-state index contributed by atoms with van der Waals surface area (Å²) in [5, 5.41) is 0. The van der Waals surface area contributed by atoms with Crippen LogP contribution < -0.4 is 0 Å². The maximum absolute atomic E-state index is 10.7. The lowest BCUT2D eigenvalue weighted by Crippen LogP contribution is -2.12. The van der Waals surface area contributed by atoms with E-state index in [9.17, 15) is 4.79 Å². The first-order valence-corrected chi connectivity index (χ1v) is 5.30. The van der Waals surface area contributed by atoms with Gasteiger partial charge >= 0.3 is 5.97 Å². The Hall–Kier alpha value is -1.31. The fourth-order valence-electron chi connectivity index (χ4n) is 1.07. The lowest BCUT2D eigenvalue weighted by Gasteiger charge is -2.09. The highest BCUT2D eigenvalue weighted by atomic mass is 16.5. The molecule has 0 radical (unpaired) electrons. The highest BCUT2D eigenvalue weighted by Crippen LogP contribution is 2.02. The van der Waals surface area contributed by atoms with Gasteiger partial charge in [-0.25, -0.2) is 0 Å². The molecule has 0 saturated carbocycles. The first-order valence-electron chi connectivity index (χ1n) is 5.30. The summed E-state index contributed by atoms with van der Waals surface area (Å²) in [5.74, 6) is -0.265. The third-order valence-corrected chi connectivity index (χ3v) is 1.79. The molecule has 1 atom stereocenters. The Morgan fingerprint density at radius 1 is 1.33 bits per heavy atom. The number of esters is 1. The van der Waals surface area contributed by atoms with Crippen molar-refractivity contribution in [1.82, 2.24) is 0 Å². The molecule has 2 nitrogen and oxygen atoms in total. The van der Waals surface area contributed by atoms with Gasteiger partial charge in [0.05, 0.1) is 0 Å². The van der Waals surface area contributed by atoms with Gasteiger partial charge in [0, 0.05) is 13.3 Å². The molecule has 0 rings (SSSR count). The van der Waals surface area contributed by atoms with Crippen molar-refractivity contribution in [2.75, 3.05) is 0 Å². The maximum atomic E-state index is 10.7. The average Bonchev–Trinajstić information content (AvgIpc) is 2.20. The largest absolute Gasteiger partial charge is 0.458 e. The summed E-state index contributed by atoms with van der Waals surface area (Å²) < 4.78 is 5.00. The van der Waals surface area contributed by atoms with E-state index in [1.165, 1.54) is 6.92 Å². The molecule has 0 amide bonds. The monoisotopic (exact) mass is 208 g/mol. The van der Waals surface area contributed by atoms with Crippen LogP contribution in [0.2, 0.25) is 0 Å². The van der Waals surface area contributed by atoms with Crippen LogP contribution in [0.25, 0.3) is 0 Å². The van der Waals surface area contributed by atoms with Gasteiger partial charge in [0.2, 0.25) is 0 Å². The molecule has 0 aliphatic heterocycles. The zero-order valence-electron chi connectivity index (χ0n) is 9.61. The maximum Gasteiger partial charge on any atom is 0.303 e. The van der Waals surface area contributed by atoms with Crippen LogP contribution in [-0.2, 0) is 9.53 Å². The van der Waals surface area contributed by atoms with Crippen LogP contribution in [0.5, 0.6) is 0 Å². The van der Waals surface area contributed by atoms with Crippen LogP contribution in [0, 0.1) is 0 Å². The molecule has 0 bridgehead atoms. The van der Waals surface area contributed by atoms with E-state index in [2.05, 4.69) is 31.7 Å². The molecule has 0 unspecified atom stereocenters. The predicted molar refractivity (Wildman–Crippen MR) is 63.6 cm³/mol. The van der Waals surface area contributed by atoms with Crippen molar-refractivity contribution in [3.05, 3.63) is 37.0 Å². The summed E-state index contributed by atoms with van der Waals surface area (Å²) in [5.41, 5.74) is 0. The molecule has 0 aromatic carbocycles. The number of hydrogen-bond acceptors (Lipinski definition) is 2. The number of ether oxygens (including phenoxy) is 1. The molecule has 0 heterocycles. The molecule has 84 valence electrons. The summed E-state index contributed by atoms with van der Waals surface area (Å²) >= 11 is 0. The first-order chi connectivity index (χ1) is 7.20. The van der Waals surface area contributed by atoms with Crippen LogP contribution in [0.4, 0.5) is 0 Å². The summed E-state index contributed by atoms with van der Waals surface area (Å²) in [4.78, 5) is 10.7. The number of rotatable bonds is 7. The second-order valence-corrected chi connectivity index (χ2v) is 3.21. The van der Waals surface area contributed by atoms with Crippen molar-refractivity contribution in [3.63, 3.8) is 0 Å². The molecule has 0 aromatic rings. The Labute approximate surface area is 92.3 Å². The summed E-state index contributed by atoms with van der Waals surface area (Å²) in [6.45, 7) is 7.13. The summed E-state index contributed by atoms with van der Waals surface area (Å²) in [7, 11) is 0. The third-order valence-electron chi connectivity index (χ3n) is 1.79. The zero-order chi connectivity index (χ0) is 11.5. The fraction of sp³-hybridized carbons (Fsp3) is 0.462. The molecule has 0 aliphatic rings. The minimum atomic E-state index is -0.265. The van der Waals surface area contributed by atoms with Crippen molar-refractivity contribution in [2.24, 2.45) is 0 Å². The molecule has 15 heavy (non-hydrogen) atoms. The third kappa shape index (κ3) is 9.01. The highest BCUT2D eigenvalue weighted by Gasteiger charge is 2.03. The minimum absolute atomic E-state index is 0.200. The first kappa shape index (κ1) is 13.7. The highest BCUT2D eigenvalue weighted by molar-refractivity contribution is 5.66. The second-order valence-electron chi connectivity index (χ2n) is 3.21. The van der Waals surface area contributed by atoms with Crippen LogP contribution in [-0.4, -0.2) is 12.1 Å². The van der Waals surface area contributed by atoms with Crippen molar-refractivity contribution in [1.29, 1.82) is 0 Å². The lowest BCUT2D eigenvalue weighted by molar-refractivity contribution is -0.143. The Bertz CT molecular complexity index is 239. The Morgan fingerprint density at radius 2 is 2.00 bits per heavy atom. The van der Waals surface area contributed by atoms with Crippen LogP contribution in [0.15, 0.2) is 37.0 Å². The molecule has 0 aromatic heterocycles. The van der Waals surface area contributed by atoms with E-state index in [0.29, 0.717) is 6.42 Å². The van der Waals surface area contributed by atoms with Crippen LogP contribution in [0.3, 0.4) is 0 Å². The summed E-state index contributed by atoms with van der Waals surface area (Å²) in [6.07, 6.45) is 12.5. The van der Waals surface area contributed by atoms with Gasteiger partial charge in [-0.05, 0) is 12.8 Å². The van der Waals surface area contributed by atoms with E-state index in [-0.39, 0.29) is 12.1 Å². The van der Waals surface area contributed by atoms with E-state index in [4.69, 9.17) is 4.74 Å². The van der Waals surface area contributed by atoms with E-state index in [1.54, 1.807) is 6.08 Å². The molecule has 0 N–H and O–H groups in total. The number of hydrogen-bond donors (Lipinski definition) is 0. The molecular formula is C13H20O2. The second kappa shape index (κ2) is 9.25. The smallest absolute Gasteiger partial charge is 0.303 e. The van der Waals surface area contributed by atoms with E-state index in [1.807, 2.05) is 6.08 Å². The van der Waals surface area contributed by atoms with Gasteiger partial charge in [-0.15, -0.1) is 0 Å². The van der Waals surface area contributed by atoms with Gasteiger partial charge in [0.15, 0.2) is 0 Å². The number of carbonyl (C=O) groups excluding carboxylic acids is 1. The van der Waals surface area contributed by atoms with Crippen LogP contribution >= 0.6 is 0 Å². The minimum Gasteiger partial charge on any atom is -0.458 e. The lowest BCUT2D eigenvalue weighted by atomic mass is 10.2. The van der Waals surface area contributed by atoms with Gasteiger partial charge in [-0.1, -0.05) is 43.9 Å². The molecule has 2 heteroatoms. The molecule has 0 aliphatic carbocycles. The van der Waals surface area contributed by atoms with E-state index >= 15 is 0 Å². The Balaban J connectivity index is 3.74. The number of allylic oxidation sites excluding steroid dienone is 3.